The van der Waals surface area contributed by atoms with E-state index in [2.05, 4.69) is 4.90 Å². The maximum absolute atomic E-state index is 10.6. The third-order valence-corrected chi connectivity index (χ3v) is 3.32. The number of carboxylic acids is 1. The molecule has 0 aliphatic carbocycles. The Morgan fingerprint density at radius 3 is 2.63 bits per heavy atom. The minimum atomic E-state index is -0.818. The van der Waals surface area contributed by atoms with Crippen LogP contribution in [0.3, 0.4) is 0 Å². The first-order valence-electron chi connectivity index (χ1n) is 6.41. The second-order valence-electron chi connectivity index (χ2n) is 4.77. The highest BCUT2D eigenvalue weighted by atomic mass is 16.5. The Morgan fingerprint density at radius 1 is 1.32 bits per heavy atom. The van der Waals surface area contributed by atoms with Gasteiger partial charge in [0.25, 0.3) is 0 Å². The van der Waals surface area contributed by atoms with Gasteiger partial charge in [-0.05, 0) is 11.1 Å². The van der Waals surface area contributed by atoms with Gasteiger partial charge in [-0.1, -0.05) is 24.3 Å². The molecule has 1 aromatic carbocycles. The SMILES string of the molecule is O=C(O)Cc1ccc(CN2CCOCC2CO)cc1. The Bertz CT molecular complexity index is 418. The van der Waals surface area contributed by atoms with Gasteiger partial charge in [-0.2, -0.15) is 0 Å². The van der Waals surface area contributed by atoms with Gasteiger partial charge in [0, 0.05) is 13.1 Å². The summed E-state index contributed by atoms with van der Waals surface area (Å²) in [4.78, 5) is 12.8. The lowest BCUT2D eigenvalue weighted by Crippen LogP contribution is -2.46. The van der Waals surface area contributed by atoms with Crippen molar-refractivity contribution in [3.05, 3.63) is 35.4 Å². The number of hydrogen-bond acceptors (Lipinski definition) is 4. The first-order valence-corrected chi connectivity index (χ1v) is 6.41. The van der Waals surface area contributed by atoms with Gasteiger partial charge in [-0.25, -0.2) is 0 Å². The lowest BCUT2D eigenvalue weighted by Gasteiger charge is -2.34. The quantitative estimate of drug-likeness (QED) is 0.811. The number of ether oxygens (including phenoxy) is 1. The third-order valence-electron chi connectivity index (χ3n) is 3.32. The smallest absolute Gasteiger partial charge is 0.307 e. The molecule has 1 heterocycles. The van der Waals surface area contributed by atoms with Crippen molar-refractivity contribution >= 4 is 5.97 Å². The number of rotatable bonds is 5. The fraction of sp³-hybridized carbons (Fsp3) is 0.500. The summed E-state index contributed by atoms with van der Waals surface area (Å²) in [6.45, 7) is 2.91. The number of benzene rings is 1. The summed E-state index contributed by atoms with van der Waals surface area (Å²) >= 11 is 0. The molecule has 0 bridgehead atoms. The summed E-state index contributed by atoms with van der Waals surface area (Å²) in [6.07, 6.45) is 0.0527. The van der Waals surface area contributed by atoms with Crippen molar-refractivity contribution in [2.45, 2.75) is 19.0 Å². The van der Waals surface area contributed by atoms with E-state index in [1.807, 2.05) is 24.3 Å². The lowest BCUT2D eigenvalue weighted by molar-refractivity contribution is -0.136. The van der Waals surface area contributed by atoms with Crippen LogP contribution in [0.15, 0.2) is 24.3 Å². The minimum absolute atomic E-state index is 0.0486. The van der Waals surface area contributed by atoms with E-state index in [1.165, 1.54) is 0 Å². The number of aliphatic hydroxyl groups is 1. The molecule has 1 aromatic rings. The van der Waals surface area contributed by atoms with Crippen molar-refractivity contribution in [3.8, 4) is 0 Å². The summed E-state index contributed by atoms with van der Waals surface area (Å²) in [5.41, 5.74) is 1.92. The fourth-order valence-electron chi connectivity index (χ4n) is 2.24. The topological polar surface area (TPSA) is 70.0 Å². The van der Waals surface area contributed by atoms with E-state index in [4.69, 9.17) is 9.84 Å². The number of aliphatic carboxylic acids is 1. The highest BCUT2D eigenvalue weighted by molar-refractivity contribution is 5.70. The molecule has 0 spiro atoms. The van der Waals surface area contributed by atoms with Gasteiger partial charge < -0.3 is 14.9 Å². The first-order chi connectivity index (χ1) is 9.19. The van der Waals surface area contributed by atoms with Gasteiger partial charge in [0.2, 0.25) is 0 Å². The van der Waals surface area contributed by atoms with Crippen molar-refractivity contribution in [3.63, 3.8) is 0 Å². The zero-order valence-corrected chi connectivity index (χ0v) is 10.8. The van der Waals surface area contributed by atoms with E-state index in [-0.39, 0.29) is 19.1 Å². The van der Waals surface area contributed by atoms with Crippen LogP contribution in [0.1, 0.15) is 11.1 Å². The molecule has 0 amide bonds. The Labute approximate surface area is 112 Å². The average Bonchev–Trinajstić information content (AvgIpc) is 2.41. The average molecular weight is 265 g/mol. The van der Waals surface area contributed by atoms with E-state index in [0.29, 0.717) is 13.2 Å². The van der Waals surface area contributed by atoms with Crippen LogP contribution in [0.4, 0.5) is 0 Å². The molecule has 0 aromatic heterocycles. The molecule has 1 unspecified atom stereocenters. The van der Waals surface area contributed by atoms with Crippen LogP contribution >= 0.6 is 0 Å². The molecule has 0 radical (unpaired) electrons. The van der Waals surface area contributed by atoms with Crippen molar-refractivity contribution in [1.82, 2.24) is 4.90 Å². The molecule has 2 rings (SSSR count). The zero-order valence-electron chi connectivity index (χ0n) is 10.8. The predicted molar refractivity (Wildman–Crippen MR) is 69.9 cm³/mol. The summed E-state index contributed by atoms with van der Waals surface area (Å²) < 4.78 is 5.34. The van der Waals surface area contributed by atoms with Gasteiger partial charge in [-0.15, -0.1) is 0 Å². The second-order valence-corrected chi connectivity index (χ2v) is 4.77. The van der Waals surface area contributed by atoms with Crippen LogP contribution in [-0.4, -0.2) is 53.5 Å². The van der Waals surface area contributed by atoms with Crippen LogP contribution in [0.2, 0.25) is 0 Å². The van der Waals surface area contributed by atoms with Gasteiger partial charge in [-0.3, -0.25) is 9.69 Å². The first kappa shape index (κ1) is 14.0. The molecular formula is C14H19NO4. The molecule has 19 heavy (non-hydrogen) atoms. The van der Waals surface area contributed by atoms with E-state index in [1.54, 1.807) is 0 Å². The van der Waals surface area contributed by atoms with Crippen LogP contribution in [0, 0.1) is 0 Å². The Morgan fingerprint density at radius 2 is 2.00 bits per heavy atom. The molecule has 5 heteroatoms. The number of carbonyl (C=O) groups is 1. The van der Waals surface area contributed by atoms with Gasteiger partial charge in [0.05, 0.1) is 32.3 Å². The number of hydrogen-bond donors (Lipinski definition) is 2. The minimum Gasteiger partial charge on any atom is -0.481 e. The highest BCUT2D eigenvalue weighted by Gasteiger charge is 2.22. The van der Waals surface area contributed by atoms with Crippen molar-refractivity contribution in [1.29, 1.82) is 0 Å². The second kappa shape index (κ2) is 6.65. The molecule has 2 N–H and O–H groups in total. The highest BCUT2D eigenvalue weighted by Crippen LogP contribution is 2.13. The Balaban J connectivity index is 1.96. The van der Waals surface area contributed by atoms with Gasteiger partial charge >= 0.3 is 5.97 Å². The van der Waals surface area contributed by atoms with Crippen LogP contribution < -0.4 is 0 Å². The molecular weight excluding hydrogens is 246 g/mol. The van der Waals surface area contributed by atoms with Gasteiger partial charge in [0.1, 0.15) is 0 Å². The molecule has 104 valence electrons. The van der Waals surface area contributed by atoms with Crippen LogP contribution in [0.5, 0.6) is 0 Å². The standard InChI is InChI=1S/C14H19NO4/c16-9-13-10-19-6-5-15(13)8-12-3-1-11(2-4-12)7-14(17)18/h1-4,13,16H,5-10H2,(H,17,18). The normalized spacial score (nSPS) is 20.4. The summed E-state index contributed by atoms with van der Waals surface area (Å²) in [5, 5.41) is 18.0. The number of nitrogens with zero attached hydrogens (tertiary/aromatic N) is 1. The predicted octanol–water partition coefficient (Wildman–Crippen LogP) is 0.507. The number of aliphatic hydroxyl groups excluding tert-OH is 1. The summed E-state index contributed by atoms with van der Waals surface area (Å²) in [6, 6.07) is 7.63. The molecule has 1 fully saturated rings. The molecule has 1 atom stereocenters. The largest absolute Gasteiger partial charge is 0.481 e. The van der Waals surface area contributed by atoms with Crippen molar-refractivity contribution < 1.29 is 19.7 Å². The fourth-order valence-corrected chi connectivity index (χ4v) is 2.24. The molecule has 1 saturated heterocycles. The lowest BCUT2D eigenvalue weighted by atomic mass is 10.1. The monoisotopic (exact) mass is 265 g/mol. The van der Waals surface area contributed by atoms with Gasteiger partial charge in [0.15, 0.2) is 0 Å². The Hall–Kier alpha value is -1.43. The van der Waals surface area contributed by atoms with Crippen LogP contribution in [-0.2, 0) is 22.5 Å². The molecule has 1 aliphatic heterocycles. The van der Waals surface area contributed by atoms with Crippen molar-refractivity contribution in [2.75, 3.05) is 26.4 Å². The molecule has 5 nitrogen and oxygen atoms in total. The third kappa shape index (κ3) is 4.02. The number of morpholine rings is 1. The summed E-state index contributed by atoms with van der Waals surface area (Å²) in [5.74, 6) is -0.818. The van der Waals surface area contributed by atoms with E-state index in [0.717, 1.165) is 24.2 Å². The molecule has 0 saturated carbocycles. The van der Waals surface area contributed by atoms with Crippen molar-refractivity contribution in [2.24, 2.45) is 0 Å². The van der Waals surface area contributed by atoms with Crippen LogP contribution in [0.25, 0.3) is 0 Å². The molecule has 1 aliphatic rings. The van der Waals surface area contributed by atoms with E-state index >= 15 is 0 Å². The zero-order chi connectivity index (χ0) is 13.7. The maximum Gasteiger partial charge on any atom is 0.307 e. The van der Waals surface area contributed by atoms with E-state index < -0.39 is 5.97 Å². The number of carboxylic acid groups (broad SMARTS) is 1. The summed E-state index contributed by atoms with van der Waals surface area (Å²) in [7, 11) is 0. The Kier molecular flexibility index (Phi) is 4.90. The van der Waals surface area contributed by atoms with E-state index in [9.17, 15) is 9.90 Å². The maximum atomic E-state index is 10.6.